The number of hydrogen-bond donors (Lipinski definition) is 6. The predicted octanol–water partition coefficient (Wildman–Crippen LogP) is 0.738. The molecule has 0 spiro atoms. The minimum atomic E-state index is -1.46. The molecule has 4 fully saturated rings. The summed E-state index contributed by atoms with van der Waals surface area (Å²) in [4.78, 5) is 83.4. The fraction of sp³-hybridized carbons (Fsp3) is 0.833. The summed E-state index contributed by atoms with van der Waals surface area (Å²) in [7, 11) is 1.57. The van der Waals surface area contributed by atoms with Crippen molar-refractivity contribution in [2.24, 2.45) is 41.2 Å². The first-order valence-corrected chi connectivity index (χ1v) is 18.7. The van der Waals surface area contributed by atoms with E-state index in [0.29, 0.717) is 37.5 Å². The molecular formula is C36H60N6O8. The molecule has 1 aliphatic heterocycles. The van der Waals surface area contributed by atoms with Crippen LogP contribution in [-0.4, -0.2) is 102 Å². The molecule has 4 rings (SSSR count). The second-order valence-corrected chi connectivity index (χ2v) is 15.7. The smallest absolute Gasteiger partial charge is 0.325 e. The highest BCUT2D eigenvalue weighted by atomic mass is 16.5. The van der Waals surface area contributed by atoms with Crippen LogP contribution in [-0.2, 0) is 33.5 Å². The van der Waals surface area contributed by atoms with Crippen molar-refractivity contribution in [3.63, 3.8) is 0 Å². The zero-order valence-corrected chi connectivity index (χ0v) is 30.5. The van der Waals surface area contributed by atoms with Crippen molar-refractivity contribution in [1.82, 2.24) is 26.2 Å². The molecule has 4 aliphatic rings. The van der Waals surface area contributed by atoms with E-state index in [2.05, 4.69) is 21.3 Å². The van der Waals surface area contributed by atoms with Crippen LogP contribution in [0, 0.1) is 35.5 Å². The molecule has 3 aliphatic carbocycles. The summed E-state index contributed by atoms with van der Waals surface area (Å²) in [5.74, 6) is -3.38. The van der Waals surface area contributed by atoms with Gasteiger partial charge in [-0.1, -0.05) is 46.5 Å². The Bertz CT molecular complexity index is 1240. The highest BCUT2D eigenvalue weighted by Crippen LogP contribution is 2.50. The van der Waals surface area contributed by atoms with Crippen molar-refractivity contribution in [3.05, 3.63) is 0 Å². The maximum absolute atomic E-state index is 14.2. The van der Waals surface area contributed by atoms with E-state index < -0.39 is 78.4 Å². The number of carbonyl (C=O) groups is 6. The lowest BCUT2D eigenvalue weighted by molar-refractivity contribution is -0.158. The molecular weight excluding hydrogens is 644 g/mol. The minimum absolute atomic E-state index is 0.0262. The lowest BCUT2D eigenvalue weighted by atomic mass is 9.82. The molecule has 10 atom stereocenters. The second kappa shape index (κ2) is 17.8. The van der Waals surface area contributed by atoms with Crippen LogP contribution in [0.25, 0.3) is 0 Å². The molecule has 5 amide bonds. The van der Waals surface area contributed by atoms with Crippen molar-refractivity contribution in [2.75, 3.05) is 20.1 Å². The number of ether oxygens (including phenoxy) is 1. The third kappa shape index (κ3) is 9.95. The van der Waals surface area contributed by atoms with Crippen LogP contribution in [0.15, 0.2) is 0 Å². The monoisotopic (exact) mass is 704 g/mol. The van der Waals surface area contributed by atoms with Gasteiger partial charge in [-0.25, -0.2) is 0 Å². The van der Waals surface area contributed by atoms with E-state index in [1.54, 1.807) is 14.0 Å². The third-order valence-electron chi connectivity index (χ3n) is 11.5. The van der Waals surface area contributed by atoms with Crippen LogP contribution in [0.5, 0.6) is 0 Å². The topological polar surface area (TPSA) is 209 Å². The Kier molecular flexibility index (Phi) is 14.1. The van der Waals surface area contributed by atoms with Crippen LogP contribution in [0.1, 0.15) is 98.3 Å². The summed E-state index contributed by atoms with van der Waals surface area (Å²) in [6.07, 6.45) is 7.25. The Morgan fingerprint density at radius 1 is 0.860 bits per heavy atom. The van der Waals surface area contributed by atoms with Gasteiger partial charge < -0.3 is 41.7 Å². The normalized spacial score (nSPS) is 35.0. The summed E-state index contributed by atoms with van der Waals surface area (Å²) in [5, 5.41) is 20.9. The van der Waals surface area contributed by atoms with Gasteiger partial charge in [0.1, 0.15) is 36.8 Å². The summed E-state index contributed by atoms with van der Waals surface area (Å²) in [6.45, 7) is 6.05. The fourth-order valence-corrected chi connectivity index (χ4v) is 8.59. The maximum atomic E-state index is 14.2. The number of fused-ring (bicyclic) bond motifs is 2. The molecule has 14 heteroatoms. The van der Waals surface area contributed by atoms with Crippen LogP contribution >= 0.6 is 0 Å². The fourth-order valence-electron chi connectivity index (χ4n) is 8.59. The van der Waals surface area contributed by atoms with E-state index in [-0.39, 0.29) is 30.2 Å². The number of amides is 5. The highest BCUT2D eigenvalue weighted by Gasteiger charge is 2.44. The van der Waals surface area contributed by atoms with Gasteiger partial charge in [0.2, 0.25) is 29.5 Å². The Labute approximate surface area is 296 Å². The molecule has 0 aromatic heterocycles. The Hall–Kier alpha value is -3.26. The minimum Gasteiger partial charge on any atom is -0.460 e. The van der Waals surface area contributed by atoms with Gasteiger partial charge in [-0.3, -0.25) is 28.8 Å². The second-order valence-electron chi connectivity index (χ2n) is 15.7. The number of nitrogens with zero attached hydrogens (tertiary/aromatic N) is 1. The molecule has 1 saturated heterocycles. The van der Waals surface area contributed by atoms with Gasteiger partial charge in [0.05, 0.1) is 12.0 Å². The standard InChI is InChI=1S/C36H60N6O8/c1-19(2)13-27-33(46)41-31(23-9-7-6-8-10-23)35(48)39-26(17-37)32(45)40-30(21(4)43)34(47)38-18-29(44)50-28(20(3)36(49)42(27)5)16-25-15-22-11-12-24(25)14-22/h19-28,30-31,43H,6-18,37H2,1-5H3,(H,38,47)(H,39,48)(H,40,45)(H,41,46)/t20?,21-,22?,24?,25?,26?,27?,28?,30?,31?/m0/s1. The number of hydrogen-bond acceptors (Lipinski definition) is 9. The molecule has 9 unspecified atom stereocenters. The first-order chi connectivity index (χ1) is 23.7. The average molecular weight is 705 g/mol. The van der Waals surface area contributed by atoms with Crippen molar-refractivity contribution in [2.45, 2.75) is 135 Å². The summed E-state index contributed by atoms with van der Waals surface area (Å²) < 4.78 is 5.95. The number of aliphatic hydroxyl groups excluding tert-OH is 1. The van der Waals surface area contributed by atoms with E-state index in [1.165, 1.54) is 18.2 Å². The Morgan fingerprint density at radius 3 is 2.14 bits per heavy atom. The predicted molar refractivity (Wildman–Crippen MR) is 185 cm³/mol. The van der Waals surface area contributed by atoms with E-state index in [1.807, 2.05) is 13.8 Å². The Balaban J connectivity index is 1.69. The number of nitrogens with two attached hydrogens (primary N) is 1. The number of likely N-dealkylation sites (N-methyl/N-ethyl adjacent to an activating group) is 1. The van der Waals surface area contributed by atoms with Crippen LogP contribution < -0.4 is 27.0 Å². The van der Waals surface area contributed by atoms with Crippen LogP contribution in [0.2, 0.25) is 0 Å². The molecule has 1 heterocycles. The van der Waals surface area contributed by atoms with Crippen LogP contribution in [0.4, 0.5) is 0 Å². The van der Waals surface area contributed by atoms with Gasteiger partial charge in [0.15, 0.2) is 0 Å². The van der Waals surface area contributed by atoms with Gasteiger partial charge in [-0.05, 0) is 81.5 Å². The quantitative estimate of drug-likeness (QED) is 0.206. The zero-order chi connectivity index (χ0) is 36.7. The molecule has 14 nitrogen and oxygen atoms in total. The average Bonchev–Trinajstić information content (AvgIpc) is 3.71. The van der Waals surface area contributed by atoms with Gasteiger partial charge in [-0.15, -0.1) is 0 Å². The SMILES string of the molecule is CC(C)CC1C(=O)NC(C2CCCCC2)C(=O)NC(CN)C(=O)NC([C@H](C)O)C(=O)NCC(=O)OC(CC2CC3CCC2C3)C(C)C(=O)N1C. The molecule has 2 bridgehead atoms. The van der Waals surface area contributed by atoms with Gasteiger partial charge in [0.25, 0.3) is 0 Å². The number of carbonyl (C=O) groups excluding carboxylic acids is 6. The number of nitrogens with one attached hydrogen (secondary N) is 4. The van der Waals surface area contributed by atoms with Crippen molar-refractivity contribution in [1.29, 1.82) is 0 Å². The molecule has 50 heavy (non-hydrogen) atoms. The molecule has 7 N–H and O–H groups in total. The van der Waals surface area contributed by atoms with Crippen molar-refractivity contribution >= 4 is 35.5 Å². The molecule has 0 aromatic carbocycles. The maximum Gasteiger partial charge on any atom is 0.325 e. The lowest BCUT2D eigenvalue weighted by Crippen LogP contribution is -2.62. The first-order valence-electron chi connectivity index (χ1n) is 18.7. The highest BCUT2D eigenvalue weighted by molar-refractivity contribution is 5.96. The third-order valence-corrected chi connectivity index (χ3v) is 11.5. The van der Waals surface area contributed by atoms with Crippen molar-refractivity contribution in [3.8, 4) is 0 Å². The van der Waals surface area contributed by atoms with Crippen molar-refractivity contribution < 1.29 is 38.6 Å². The number of esters is 1. The van der Waals surface area contributed by atoms with Gasteiger partial charge in [-0.2, -0.15) is 0 Å². The van der Waals surface area contributed by atoms with E-state index >= 15 is 0 Å². The van der Waals surface area contributed by atoms with Crippen LogP contribution in [0.3, 0.4) is 0 Å². The van der Waals surface area contributed by atoms with E-state index in [4.69, 9.17) is 10.5 Å². The molecule has 0 aromatic rings. The summed E-state index contributed by atoms with van der Waals surface area (Å²) >= 11 is 0. The Morgan fingerprint density at radius 2 is 1.56 bits per heavy atom. The van der Waals surface area contributed by atoms with Gasteiger partial charge >= 0.3 is 5.97 Å². The van der Waals surface area contributed by atoms with Gasteiger partial charge in [0, 0.05) is 13.6 Å². The summed E-state index contributed by atoms with van der Waals surface area (Å²) in [6, 6.07) is -4.66. The number of cyclic esters (lactones) is 1. The molecule has 3 saturated carbocycles. The molecule has 282 valence electrons. The largest absolute Gasteiger partial charge is 0.460 e. The lowest BCUT2D eigenvalue weighted by Gasteiger charge is -2.36. The number of aliphatic hydroxyl groups is 1. The summed E-state index contributed by atoms with van der Waals surface area (Å²) in [5.41, 5.74) is 5.90. The first kappa shape index (κ1) is 39.5. The zero-order valence-electron chi connectivity index (χ0n) is 30.5. The van der Waals surface area contributed by atoms with E-state index in [0.717, 1.165) is 38.5 Å². The van der Waals surface area contributed by atoms with E-state index in [9.17, 15) is 33.9 Å². The number of rotatable bonds is 7. The molecule has 0 radical (unpaired) electrons.